The van der Waals surface area contributed by atoms with Crippen molar-refractivity contribution in [2.24, 2.45) is 5.73 Å². The van der Waals surface area contributed by atoms with Crippen molar-refractivity contribution in [3.8, 4) is 0 Å². The topological polar surface area (TPSA) is 58.4 Å². The Labute approximate surface area is 85.8 Å². The molecule has 0 aromatic rings. The molecule has 1 amide bonds. The molecule has 0 aromatic carbocycles. The minimum absolute atomic E-state index is 0.190. The number of carbonyl (C=O) groups is 1. The highest BCUT2D eigenvalue weighted by molar-refractivity contribution is 5.78. The number of rotatable bonds is 5. The molecule has 0 unspecified atom stereocenters. The summed E-state index contributed by atoms with van der Waals surface area (Å²) in [6.07, 6.45) is 2.01. The second kappa shape index (κ2) is 5.32. The zero-order valence-corrected chi connectivity index (χ0v) is 9.12. The predicted octanol–water partition coefficient (Wildman–Crippen LogP) is -0.0659. The third-order valence-corrected chi connectivity index (χ3v) is 2.83. The summed E-state index contributed by atoms with van der Waals surface area (Å²) in [5.41, 5.74) is 5.65. The second-order valence-corrected chi connectivity index (χ2v) is 3.88. The van der Waals surface area contributed by atoms with E-state index in [2.05, 4.69) is 5.32 Å². The Balaban J connectivity index is 2.14. The molecule has 0 bridgehead atoms. The third kappa shape index (κ3) is 2.96. The highest BCUT2D eigenvalue weighted by Crippen LogP contribution is 2.16. The number of likely N-dealkylation sites (N-methyl/N-ethyl adjacent to an activating group) is 1. The average Bonchev–Trinajstić information content (AvgIpc) is 2.12. The van der Waals surface area contributed by atoms with E-state index >= 15 is 0 Å². The van der Waals surface area contributed by atoms with Crippen LogP contribution < -0.4 is 11.1 Å². The smallest absolute Gasteiger partial charge is 0.236 e. The molecule has 1 rings (SSSR count). The van der Waals surface area contributed by atoms with Crippen molar-refractivity contribution < 1.29 is 4.79 Å². The molecule has 1 aliphatic rings. The first kappa shape index (κ1) is 11.5. The van der Waals surface area contributed by atoms with E-state index in [9.17, 15) is 4.79 Å². The number of amides is 1. The van der Waals surface area contributed by atoms with Crippen molar-refractivity contribution in [1.29, 1.82) is 0 Å². The van der Waals surface area contributed by atoms with Gasteiger partial charge in [0.25, 0.3) is 0 Å². The zero-order valence-electron chi connectivity index (χ0n) is 9.12. The van der Waals surface area contributed by atoms with Gasteiger partial charge in [-0.15, -0.1) is 0 Å². The van der Waals surface area contributed by atoms with E-state index in [1.165, 1.54) is 0 Å². The van der Waals surface area contributed by atoms with Gasteiger partial charge in [-0.25, -0.2) is 0 Å². The van der Waals surface area contributed by atoms with Crippen molar-refractivity contribution in [3.05, 3.63) is 0 Å². The molecule has 0 spiro atoms. The fourth-order valence-electron chi connectivity index (χ4n) is 1.75. The molecule has 0 aromatic heterocycles. The molecule has 14 heavy (non-hydrogen) atoms. The maximum atomic E-state index is 11.6. The fraction of sp³-hybridized carbons (Fsp3) is 0.900. The van der Waals surface area contributed by atoms with Gasteiger partial charge in [0.15, 0.2) is 0 Å². The molecule has 1 aliphatic carbocycles. The number of hydrogen-bond donors (Lipinski definition) is 2. The number of nitrogens with zero attached hydrogens (tertiary/aromatic N) is 1. The van der Waals surface area contributed by atoms with E-state index in [1.54, 1.807) is 0 Å². The van der Waals surface area contributed by atoms with Gasteiger partial charge in [-0.3, -0.25) is 4.79 Å². The van der Waals surface area contributed by atoms with Crippen molar-refractivity contribution in [2.45, 2.75) is 38.8 Å². The Bertz CT molecular complexity index is 186. The molecule has 3 N–H and O–H groups in total. The van der Waals surface area contributed by atoms with Gasteiger partial charge in [0.1, 0.15) is 0 Å². The van der Waals surface area contributed by atoms with Gasteiger partial charge in [0, 0.05) is 25.2 Å². The molecule has 0 atom stereocenters. The maximum absolute atomic E-state index is 11.6. The minimum atomic E-state index is 0.190. The van der Waals surface area contributed by atoms with E-state index in [-0.39, 0.29) is 5.91 Å². The quantitative estimate of drug-likeness (QED) is 0.652. The Morgan fingerprint density at radius 1 is 1.43 bits per heavy atom. The van der Waals surface area contributed by atoms with Crippen LogP contribution in [0.2, 0.25) is 0 Å². The van der Waals surface area contributed by atoms with Crippen LogP contribution in [0.5, 0.6) is 0 Å². The lowest BCUT2D eigenvalue weighted by molar-refractivity contribution is -0.130. The highest BCUT2D eigenvalue weighted by atomic mass is 16.2. The van der Waals surface area contributed by atoms with Gasteiger partial charge in [0.2, 0.25) is 5.91 Å². The van der Waals surface area contributed by atoms with E-state index < -0.39 is 0 Å². The van der Waals surface area contributed by atoms with Crippen LogP contribution in [-0.2, 0) is 4.79 Å². The fourth-order valence-corrected chi connectivity index (χ4v) is 1.75. The summed E-state index contributed by atoms with van der Waals surface area (Å²) in [4.78, 5) is 13.4. The van der Waals surface area contributed by atoms with Crippen molar-refractivity contribution in [1.82, 2.24) is 10.2 Å². The Morgan fingerprint density at radius 3 is 2.43 bits per heavy atom. The molecule has 82 valence electrons. The lowest BCUT2D eigenvalue weighted by atomic mass is 9.88. The number of carbonyl (C=O) groups excluding carboxylic acids is 1. The van der Waals surface area contributed by atoms with Crippen LogP contribution in [0.1, 0.15) is 26.7 Å². The van der Waals surface area contributed by atoms with Crippen LogP contribution >= 0.6 is 0 Å². The monoisotopic (exact) mass is 199 g/mol. The zero-order chi connectivity index (χ0) is 10.6. The van der Waals surface area contributed by atoms with Crippen LogP contribution in [0.15, 0.2) is 0 Å². The first-order chi connectivity index (χ1) is 6.67. The lowest BCUT2D eigenvalue weighted by Crippen LogP contribution is -2.51. The van der Waals surface area contributed by atoms with Gasteiger partial charge in [-0.05, 0) is 26.7 Å². The molecule has 0 saturated heterocycles. The lowest BCUT2D eigenvalue weighted by Gasteiger charge is -2.33. The van der Waals surface area contributed by atoms with E-state index in [0.717, 1.165) is 25.9 Å². The molecule has 0 heterocycles. The third-order valence-electron chi connectivity index (χ3n) is 2.83. The Hall–Kier alpha value is -0.610. The van der Waals surface area contributed by atoms with Crippen LogP contribution in [0.25, 0.3) is 0 Å². The standard InChI is InChI=1S/C10H21N3O/c1-3-13(4-2)10(14)7-12-9-5-8(11)6-9/h8-9,12H,3-7,11H2,1-2H3. The number of nitrogens with one attached hydrogen (secondary N) is 1. The molecule has 1 saturated carbocycles. The second-order valence-electron chi connectivity index (χ2n) is 3.88. The summed E-state index contributed by atoms with van der Waals surface area (Å²) in [5.74, 6) is 0.190. The first-order valence-corrected chi connectivity index (χ1v) is 5.44. The molecule has 0 aliphatic heterocycles. The maximum Gasteiger partial charge on any atom is 0.236 e. The number of nitrogens with two attached hydrogens (primary N) is 1. The predicted molar refractivity (Wildman–Crippen MR) is 56.9 cm³/mol. The van der Waals surface area contributed by atoms with Crippen molar-refractivity contribution >= 4 is 5.91 Å². The van der Waals surface area contributed by atoms with E-state index in [0.29, 0.717) is 18.6 Å². The largest absolute Gasteiger partial charge is 0.342 e. The van der Waals surface area contributed by atoms with Gasteiger partial charge in [0.05, 0.1) is 6.54 Å². The molecular formula is C10H21N3O. The summed E-state index contributed by atoms with van der Waals surface area (Å²) >= 11 is 0. The average molecular weight is 199 g/mol. The normalized spacial score (nSPS) is 25.6. The molecule has 0 radical (unpaired) electrons. The van der Waals surface area contributed by atoms with E-state index in [1.807, 2.05) is 18.7 Å². The van der Waals surface area contributed by atoms with Gasteiger partial charge < -0.3 is 16.0 Å². The van der Waals surface area contributed by atoms with Gasteiger partial charge in [-0.2, -0.15) is 0 Å². The highest BCUT2D eigenvalue weighted by Gasteiger charge is 2.25. The molecular weight excluding hydrogens is 178 g/mol. The summed E-state index contributed by atoms with van der Waals surface area (Å²) in [6.45, 7) is 6.04. The van der Waals surface area contributed by atoms with Gasteiger partial charge >= 0.3 is 0 Å². The van der Waals surface area contributed by atoms with E-state index in [4.69, 9.17) is 5.73 Å². The van der Waals surface area contributed by atoms with Gasteiger partial charge in [-0.1, -0.05) is 0 Å². The summed E-state index contributed by atoms with van der Waals surface area (Å²) in [7, 11) is 0. The molecule has 4 heteroatoms. The van der Waals surface area contributed by atoms with Crippen LogP contribution in [0.4, 0.5) is 0 Å². The minimum Gasteiger partial charge on any atom is -0.342 e. The summed E-state index contributed by atoms with van der Waals surface area (Å²) in [5, 5.41) is 3.23. The van der Waals surface area contributed by atoms with Crippen LogP contribution in [0.3, 0.4) is 0 Å². The SMILES string of the molecule is CCN(CC)C(=O)CNC1CC(N)C1. The van der Waals surface area contributed by atoms with Crippen LogP contribution in [-0.4, -0.2) is 42.5 Å². The number of hydrogen-bond acceptors (Lipinski definition) is 3. The Kier molecular flexibility index (Phi) is 4.35. The Morgan fingerprint density at radius 2 is 2.00 bits per heavy atom. The summed E-state index contributed by atoms with van der Waals surface area (Å²) in [6, 6.07) is 0.806. The molecule has 4 nitrogen and oxygen atoms in total. The summed E-state index contributed by atoms with van der Waals surface area (Å²) < 4.78 is 0. The van der Waals surface area contributed by atoms with Crippen molar-refractivity contribution in [3.63, 3.8) is 0 Å². The van der Waals surface area contributed by atoms with Crippen molar-refractivity contribution in [2.75, 3.05) is 19.6 Å². The molecule has 1 fully saturated rings. The van der Waals surface area contributed by atoms with Crippen LogP contribution in [0, 0.1) is 0 Å². The first-order valence-electron chi connectivity index (χ1n) is 5.44.